The van der Waals surface area contributed by atoms with Gasteiger partial charge in [-0.1, -0.05) is 12.8 Å². The number of aromatic nitrogens is 3. The Hall–Kier alpha value is -0.940. The van der Waals surface area contributed by atoms with Crippen LogP contribution in [0.5, 0.6) is 0 Å². The Bertz CT molecular complexity index is 348. The van der Waals surface area contributed by atoms with E-state index in [9.17, 15) is 0 Å². The van der Waals surface area contributed by atoms with E-state index in [0.717, 1.165) is 12.4 Å². The minimum atomic E-state index is 0.236. The molecule has 5 heteroatoms. The number of aryl methyl sites for hydroxylation is 1. The smallest absolute Gasteiger partial charge is 0.149 e. The van der Waals surface area contributed by atoms with Gasteiger partial charge >= 0.3 is 0 Å². The van der Waals surface area contributed by atoms with Crippen molar-refractivity contribution < 1.29 is 0 Å². The number of rotatable bonds is 4. The van der Waals surface area contributed by atoms with Crippen LogP contribution in [0.3, 0.4) is 0 Å². The zero-order valence-electron chi connectivity index (χ0n) is 10.8. The molecule has 1 saturated carbocycles. The number of nitrogens with one attached hydrogen (secondary N) is 1. The molecule has 0 saturated heterocycles. The fraction of sp³-hybridized carbons (Fsp3) is 0.833. The predicted octanol–water partition coefficient (Wildman–Crippen LogP) is 0.983. The quantitative estimate of drug-likeness (QED) is 0.819. The van der Waals surface area contributed by atoms with Crippen LogP contribution in [0.2, 0.25) is 0 Å². The summed E-state index contributed by atoms with van der Waals surface area (Å²) in [4.78, 5) is 0. The van der Waals surface area contributed by atoms with Crippen LogP contribution < -0.4 is 11.1 Å². The Morgan fingerprint density at radius 1 is 1.53 bits per heavy atom. The van der Waals surface area contributed by atoms with Crippen LogP contribution in [0.15, 0.2) is 6.33 Å². The summed E-state index contributed by atoms with van der Waals surface area (Å²) in [5.41, 5.74) is 5.84. The third-order valence-corrected chi connectivity index (χ3v) is 3.81. The summed E-state index contributed by atoms with van der Waals surface area (Å²) >= 11 is 0. The highest BCUT2D eigenvalue weighted by atomic mass is 15.3. The van der Waals surface area contributed by atoms with E-state index in [2.05, 4.69) is 22.4 Å². The van der Waals surface area contributed by atoms with E-state index in [0.29, 0.717) is 12.0 Å². The molecule has 1 fully saturated rings. The van der Waals surface area contributed by atoms with Crippen molar-refractivity contribution in [2.24, 2.45) is 18.7 Å². The van der Waals surface area contributed by atoms with Crippen molar-refractivity contribution >= 4 is 0 Å². The molecule has 0 aliphatic heterocycles. The molecule has 17 heavy (non-hydrogen) atoms. The molecule has 1 aliphatic rings. The maximum atomic E-state index is 5.84. The lowest BCUT2D eigenvalue weighted by molar-refractivity contribution is 0.248. The Balaban J connectivity index is 1.97. The second-order valence-electron chi connectivity index (χ2n) is 5.08. The Kier molecular flexibility index (Phi) is 4.12. The molecule has 5 nitrogen and oxygen atoms in total. The van der Waals surface area contributed by atoms with E-state index in [4.69, 9.17) is 5.73 Å². The molecule has 1 aromatic heterocycles. The van der Waals surface area contributed by atoms with E-state index in [-0.39, 0.29) is 6.04 Å². The molecule has 1 heterocycles. The second kappa shape index (κ2) is 5.60. The summed E-state index contributed by atoms with van der Waals surface area (Å²) in [5, 5.41) is 11.7. The summed E-state index contributed by atoms with van der Waals surface area (Å²) in [5.74, 6) is 1.60. The first-order valence-electron chi connectivity index (χ1n) is 6.52. The standard InChI is InChI=1S/C12H23N5/c1-9(12-16-14-8-17(12)2)15-11-6-4-3-5-10(11)7-13/h8-11,15H,3-7,13H2,1-2H3. The monoisotopic (exact) mass is 237 g/mol. The molecule has 1 aliphatic carbocycles. The minimum absolute atomic E-state index is 0.236. The van der Waals surface area contributed by atoms with Crippen molar-refractivity contribution in [2.75, 3.05) is 6.54 Å². The van der Waals surface area contributed by atoms with Gasteiger partial charge in [0, 0.05) is 13.1 Å². The maximum Gasteiger partial charge on any atom is 0.149 e. The molecule has 3 N–H and O–H groups in total. The topological polar surface area (TPSA) is 68.8 Å². The van der Waals surface area contributed by atoms with Crippen LogP contribution in [-0.2, 0) is 7.05 Å². The van der Waals surface area contributed by atoms with Crippen molar-refractivity contribution in [3.05, 3.63) is 12.2 Å². The van der Waals surface area contributed by atoms with Gasteiger partial charge in [-0.25, -0.2) is 0 Å². The van der Waals surface area contributed by atoms with Crippen molar-refractivity contribution in [1.29, 1.82) is 0 Å². The van der Waals surface area contributed by atoms with Crippen LogP contribution in [0.1, 0.15) is 44.5 Å². The first-order chi connectivity index (χ1) is 8.22. The Morgan fingerprint density at radius 2 is 2.29 bits per heavy atom. The van der Waals surface area contributed by atoms with E-state index in [1.807, 2.05) is 11.6 Å². The summed E-state index contributed by atoms with van der Waals surface area (Å²) in [6.45, 7) is 2.93. The largest absolute Gasteiger partial charge is 0.330 e. The molecule has 0 spiro atoms. The van der Waals surface area contributed by atoms with Crippen molar-refractivity contribution in [3.63, 3.8) is 0 Å². The highest BCUT2D eigenvalue weighted by Crippen LogP contribution is 2.25. The van der Waals surface area contributed by atoms with Gasteiger partial charge in [-0.15, -0.1) is 10.2 Å². The summed E-state index contributed by atoms with van der Waals surface area (Å²) in [7, 11) is 1.98. The van der Waals surface area contributed by atoms with Gasteiger partial charge in [-0.05, 0) is 32.2 Å². The molecule has 0 aromatic carbocycles. The molecule has 2 rings (SSSR count). The fourth-order valence-electron chi connectivity index (χ4n) is 2.79. The predicted molar refractivity (Wildman–Crippen MR) is 67.4 cm³/mol. The van der Waals surface area contributed by atoms with E-state index < -0.39 is 0 Å². The lowest BCUT2D eigenvalue weighted by Crippen LogP contribution is -2.43. The normalized spacial score (nSPS) is 27.0. The first-order valence-corrected chi connectivity index (χ1v) is 6.52. The number of nitrogens with two attached hydrogens (primary N) is 1. The Labute approximate surface area is 103 Å². The van der Waals surface area contributed by atoms with Gasteiger partial charge in [0.25, 0.3) is 0 Å². The van der Waals surface area contributed by atoms with Crippen LogP contribution in [0.25, 0.3) is 0 Å². The average Bonchev–Trinajstić information content (AvgIpc) is 2.76. The molecule has 0 amide bonds. The first kappa shape index (κ1) is 12.5. The van der Waals surface area contributed by atoms with Crippen LogP contribution in [0.4, 0.5) is 0 Å². The van der Waals surface area contributed by atoms with Crippen molar-refractivity contribution in [3.8, 4) is 0 Å². The lowest BCUT2D eigenvalue weighted by atomic mass is 9.84. The number of hydrogen-bond donors (Lipinski definition) is 2. The highest BCUT2D eigenvalue weighted by molar-refractivity contribution is 4.95. The van der Waals surface area contributed by atoms with Gasteiger partial charge in [0.15, 0.2) is 0 Å². The van der Waals surface area contributed by atoms with Gasteiger partial charge < -0.3 is 15.6 Å². The second-order valence-corrected chi connectivity index (χ2v) is 5.08. The lowest BCUT2D eigenvalue weighted by Gasteiger charge is -2.33. The van der Waals surface area contributed by atoms with Gasteiger partial charge in [0.1, 0.15) is 12.2 Å². The molecule has 0 bridgehead atoms. The average molecular weight is 237 g/mol. The summed E-state index contributed by atoms with van der Waals surface area (Å²) in [6.07, 6.45) is 6.84. The number of hydrogen-bond acceptors (Lipinski definition) is 4. The van der Waals surface area contributed by atoms with Crippen molar-refractivity contribution in [1.82, 2.24) is 20.1 Å². The molecule has 1 aromatic rings. The van der Waals surface area contributed by atoms with Crippen LogP contribution >= 0.6 is 0 Å². The van der Waals surface area contributed by atoms with Crippen molar-refractivity contribution in [2.45, 2.75) is 44.7 Å². The maximum absolute atomic E-state index is 5.84. The van der Waals surface area contributed by atoms with Gasteiger partial charge in [-0.3, -0.25) is 0 Å². The molecule has 3 unspecified atom stereocenters. The fourth-order valence-corrected chi connectivity index (χ4v) is 2.79. The molecular weight excluding hydrogens is 214 g/mol. The van der Waals surface area contributed by atoms with Gasteiger partial charge in [0.2, 0.25) is 0 Å². The zero-order valence-corrected chi connectivity index (χ0v) is 10.8. The van der Waals surface area contributed by atoms with Gasteiger partial charge in [-0.2, -0.15) is 0 Å². The molecular formula is C12H23N5. The van der Waals surface area contributed by atoms with Gasteiger partial charge in [0.05, 0.1) is 6.04 Å². The van der Waals surface area contributed by atoms with Crippen LogP contribution in [-0.4, -0.2) is 27.4 Å². The minimum Gasteiger partial charge on any atom is -0.330 e. The third-order valence-electron chi connectivity index (χ3n) is 3.81. The SMILES string of the molecule is CC(NC1CCCCC1CN)c1nncn1C. The zero-order chi connectivity index (χ0) is 12.3. The van der Waals surface area contributed by atoms with E-state index in [1.54, 1.807) is 6.33 Å². The highest BCUT2D eigenvalue weighted by Gasteiger charge is 2.26. The van der Waals surface area contributed by atoms with E-state index in [1.165, 1.54) is 25.7 Å². The number of nitrogens with zero attached hydrogens (tertiary/aromatic N) is 3. The third kappa shape index (κ3) is 2.84. The Morgan fingerprint density at radius 3 is 2.94 bits per heavy atom. The van der Waals surface area contributed by atoms with Crippen LogP contribution in [0, 0.1) is 5.92 Å². The molecule has 0 radical (unpaired) electrons. The van der Waals surface area contributed by atoms with E-state index >= 15 is 0 Å². The summed E-state index contributed by atoms with van der Waals surface area (Å²) in [6, 6.07) is 0.764. The summed E-state index contributed by atoms with van der Waals surface area (Å²) < 4.78 is 1.97. The molecule has 96 valence electrons. The molecule has 3 atom stereocenters.